The number of rotatable bonds is 5. The third-order valence-corrected chi connectivity index (χ3v) is 7.38. The second-order valence-electron chi connectivity index (χ2n) is 8.61. The van der Waals surface area contributed by atoms with Crippen molar-refractivity contribution >= 4 is 52.2 Å². The van der Waals surface area contributed by atoms with Crippen LogP contribution in [0.4, 0.5) is 10.6 Å². The lowest BCUT2D eigenvalue weighted by Crippen LogP contribution is -2.31. The van der Waals surface area contributed by atoms with Crippen LogP contribution in [0.5, 0.6) is 0 Å². The number of carbonyl (C=O) groups is 2. The van der Waals surface area contributed by atoms with Crippen molar-refractivity contribution in [1.29, 1.82) is 0 Å². The Morgan fingerprint density at radius 2 is 2.11 bits per heavy atom. The van der Waals surface area contributed by atoms with Crippen LogP contribution in [0.15, 0.2) is 12.3 Å². The van der Waals surface area contributed by atoms with E-state index < -0.39 is 11.6 Å². The van der Waals surface area contributed by atoms with Gasteiger partial charge in [0.2, 0.25) is 5.28 Å². The Kier molecular flexibility index (Phi) is 9.67. The number of nitrogens with one attached hydrogen (secondary N) is 2. The van der Waals surface area contributed by atoms with E-state index in [0.29, 0.717) is 48.2 Å². The zero-order valence-electron chi connectivity index (χ0n) is 19.9. The summed E-state index contributed by atoms with van der Waals surface area (Å²) in [5.74, 6) is 4.30. The summed E-state index contributed by atoms with van der Waals surface area (Å²) in [6.07, 6.45) is 10.3. The second-order valence-corrected chi connectivity index (χ2v) is 10.0. The lowest BCUT2D eigenvalue weighted by Gasteiger charge is -2.21. The topological polar surface area (TPSA) is 165 Å². The van der Waals surface area contributed by atoms with Gasteiger partial charge in [0.05, 0.1) is 24.1 Å². The van der Waals surface area contributed by atoms with Crippen LogP contribution in [0, 0.1) is 12.3 Å². The summed E-state index contributed by atoms with van der Waals surface area (Å²) in [4.78, 5) is 28.5. The number of amides is 2. The van der Waals surface area contributed by atoms with Crippen LogP contribution in [0.3, 0.4) is 0 Å². The number of carbonyl (C=O) groups excluding carboxylic acids is 1. The highest BCUT2D eigenvalue weighted by molar-refractivity contribution is 7.99. The van der Waals surface area contributed by atoms with E-state index in [1.54, 1.807) is 12.3 Å². The molecule has 3 fully saturated rings. The molecule has 0 aromatic carbocycles. The Labute approximate surface area is 218 Å². The molecule has 13 heteroatoms. The Bertz CT molecular complexity index is 1110. The monoisotopic (exact) mass is 538 g/mol. The van der Waals surface area contributed by atoms with E-state index in [9.17, 15) is 14.7 Å². The molecule has 6 N–H and O–H groups in total. The second kappa shape index (κ2) is 12.5. The molecule has 3 aliphatic heterocycles. The molecule has 36 heavy (non-hydrogen) atoms. The minimum atomic E-state index is -0.927. The van der Waals surface area contributed by atoms with Crippen LogP contribution in [-0.4, -0.2) is 72.5 Å². The van der Waals surface area contributed by atoms with Crippen LogP contribution in [-0.2, 0) is 9.53 Å². The quantitative estimate of drug-likeness (QED) is 0.218. The first-order chi connectivity index (χ1) is 17.2. The number of hydrogen-bond acceptors (Lipinski definition) is 8. The fourth-order valence-corrected chi connectivity index (χ4v) is 5.45. The van der Waals surface area contributed by atoms with Gasteiger partial charge in [-0.2, -0.15) is 16.7 Å². The number of hydrogen-bond donors (Lipinski definition) is 5. The van der Waals surface area contributed by atoms with Crippen molar-refractivity contribution in [2.75, 3.05) is 23.8 Å². The Morgan fingerprint density at radius 3 is 2.64 bits per heavy atom. The number of nitrogens with two attached hydrogens (primary N) is 1. The molecule has 4 atom stereocenters. The summed E-state index contributed by atoms with van der Waals surface area (Å²) in [6.45, 7) is 1.76. The molecular weight excluding hydrogens is 508 g/mol. The van der Waals surface area contributed by atoms with Crippen molar-refractivity contribution in [3.8, 4) is 12.3 Å². The third-order valence-electron chi connectivity index (χ3n) is 6.02. The number of unbranched alkanes of at least 4 members (excludes halogenated alkanes) is 1. The van der Waals surface area contributed by atoms with Gasteiger partial charge in [0.25, 0.3) is 0 Å². The van der Waals surface area contributed by atoms with Crippen molar-refractivity contribution in [3.05, 3.63) is 17.5 Å². The van der Waals surface area contributed by atoms with Crippen molar-refractivity contribution in [2.24, 2.45) is 0 Å². The molecule has 196 valence electrons. The predicted octanol–water partition coefficient (Wildman–Crippen LogP) is 2.38. The molecule has 2 unspecified atom stereocenters. The summed E-state index contributed by atoms with van der Waals surface area (Å²) in [5.41, 5.74) is 5.48. The van der Waals surface area contributed by atoms with Gasteiger partial charge in [-0.05, 0) is 36.9 Å². The number of thioether (sulfide) groups is 1. The first-order valence-corrected chi connectivity index (χ1v) is 13.2. The van der Waals surface area contributed by atoms with E-state index in [1.807, 2.05) is 23.3 Å². The molecule has 0 aliphatic carbocycles. The summed E-state index contributed by atoms with van der Waals surface area (Å²) >= 11 is 7.73. The predicted molar refractivity (Wildman–Crippen MR) is 139 cm³/mol. The van der Waals surface area contributed by atoms with E-state index in [0.717, 1.165) is 24.3 Å². The summed E-state index contributed by atoms with van der Waals surface area (Å²) < 4.78 is 7.63. The molecule has 11 nitrogen and oxygen atoms in total. The number of urea groups is 1. The first kappa shape index (κ1) is 27.9. The maximum absolute atomic E-state index is 10.6. The van der Waals surface area contributed by atoms with E-state index in [1.165, 1.54) is 0 Å². The molecule has 3 aliphatic rings. The average Bonchev–Trinajstić information content (AvgIpc) is 3.61. The largest absolute Gasteiger partial charge is 0.481 e. The number of aliphatic carboxylic acids is 1. The summed E-state index contributed by atoms with van der Waals surface area (Å²) in [7, 11) is 0. The summed E-state index contributed by atoms with van der Waals surface area (Å²) in [5, 5.41) is 23.9. The van der Waals surface area contributed by atoms with Crippen LogP contribution in [0.2, 0.25) is 5.28 Å². The Balaban J connectivity index is 0.000000185. The molecule has 2 aromatic heterocycles. The van der Waals surface area contributed by atoms with Crippen molar-refractivity contribution < 1.29 is 24.5 Å². The molecule has 0 saturated carbocycles. The molecule has 3 saturated heterocycles. The number of aliphatic hydroxyl groups excluding tert-OH is 1. The van der Waals surface area contributed by atoms with Crippen LogP contribution in [0.1, 0.15) is 45.3 Å². The zero-order chi connectivity index (χ0) is 26.3. The van der Waals surface area contributed by atoms with Crippen molar-refractivity contribution in [3.63, 3.8) is 0 Å². The van der Waals surface area contributed by atoms with Gasteiger partial charge in [0.15, 0.2) is 5.60 Å². The third kappa shape index (κ3) is 6.73. The highest BCUT2D eigenvalue weighted by Crippen LogP contribution is 2.38. The molecular formula is C23H31ClN6O5S. The van der Waals surface area contributed by atoms with Gasteiger partial charge in [-0.15, -0.1) is 6.42 Å². The molecule has 0 spiro atoms. The van der Waals surface area contributed by atoms with E-state index in [2.05, 4.69) is 26.5 Å². The average molecular weight is 539 g/mol. The van der Waals surface area contributed by atoms with Crippen LogP contribution < -0.4 is 16.4 Å². The maximum atomic E-state index is 10.6. The van der Waals surface area contributed by atoms with Gasteiger partial charge < -0.3 is 35.9 Å². The molecule has 0 radical (unpaired) electrons. The number of nitrogen functional groups attached to an aromatic ring is 1. The fraction of sp³-hybridized carbons (Fsp3) is 0.565. The molecule has 5 heterocycles. The van der Waals surface area contributed by atoms with E-state index in [4.69, 9.17) is 33.6 Å². The smallest absolute Gasteiger partial charge is 0.315 e. The van der Waals surface area contributed by atoms with Crippen LogP contribution >= 0.6 is 23.4 Å². The number of nitrogens with zero attached hydrogens (tertiary/aromatic N) is 3. The van der Waals surface area contributed by atoms with Gasteiger partial charge in [0.1, 0.15) is 17.7 Å². The highest BCUT2D eigenvalue weighted by atomic mass is 35.5. The van der Waals surface area contributed by atoms with Gasteiger partial charge in [-0.25, -0.2) is 9.78 Å². The number of terminal acetylenes is 1. The normalized spacial score (nSPS) is 26.1. The zero-order valence-corrected chi connectivity index (χ0v) is 21.5. The number of ether oxygens (including phenoxy) is 1. The number of fused-ring (bicyclic) bond motifs is 2. The Morgan fingerprint density at radius 1 is 1.42 bits per heavy atom. The minimum absolute atomic E-state index is 0.00491. The number of halogens is 1. The number of aliphatic hydroxyl groups is 1. The highest BCUT2D eigenvalue weighted by Gasteiger charge is 2.39. The van der Waals surface area contributed by atoms with Gasteiger partial charge in [-0.3, -0.25) is 4.79 Å². The molecule has 5 rings (SSSR count). The van der Waals surface area contributed by atoms with Gasteiger partial charge in [0, 0.05) is 24.1 Å². The fourth-order valence-electron chi connectivity index (χ4n) is 4.01. The van der Waals surface area contributed by atoms with E-state index >= 15 is 0 Å². The minimum Gasteiger partial charge on any atom is -0.481 e. The number of carboxylic acid groups (broad SMARTS) is 1. The maximum Gasteiger partial charge on any atom is 0.315 e. The lowest BCUT2D eigenvalue weighted by atomic mass is 10.0. The van der Waals surface area contributed by atoms with E-state index in [-0.39, 0.29) is 24.1 Å². The van der Waals surface area contributed by atoms with Crippen LogP contribution in [0.25, 0.3) is 11.0 Å². The summed E-state index contributed by atoms with van der Waals surface area (Å²) in [6, 6.07) is 2.62. The van der Waals surface area contributed by atoms with Gasteiger partial charge >= 0.3 is 12.0 Å². The standard InChI is InChI=1S/C13H13ClN4O2.C5H8N2OS.C5H10O2/c1-2-13(7-19)5-3-9(20-13)18-6-4-8-10(15)16-12(14)17-11(8)18;8-5-6-3-1-9-2-4(3)7-5;1-2-3-4-5(6)7/h1,4,6,9,19H,3,5,7H2,(H2,15,16,17);3-4H,1-2H2,(H2,6,7,8);2-4H2,1H3,(H,6,7)/t9?,13-;3-,4?;/m00./s1. The lowest BCUT2D eigenvalue weighted by molar-refractivity contribution is -0.137. The van der Waals surface area contributed by atoms with Crippen molar-refractivity contribution in [2.45, 2.75) is 62.9 Å². The van der Waals surface area contributed by atoms with Crippen molar-refractivity contribution in [1.82, 2.24) is 25.2 Å². The van der Waals surface area contributed by atoms with Gasteiger partial charge in [-0.1, -0.05) is 19.3 Å². The molecule has 0 bridgehead atoms. The number of carboxylic acids is 1. The number of aromatic nitrogens is 3. The molecule has 2 aromatic rings. The first-order valence-electron chi connectivity index (χ1n) is 11.6. The Hall–Kier alpha value is -2.72. The number of anilines is 1. The molecule has 2 amide bonds. The SMILES string of the molecule is C#C[C@@]1(CO)CCC(n2ccc3c(N)nc(Cl)nc32)O1.CCCCC(=O)O.O=C1NC2CSC[C@@H]2N1.